The van der Waals surface area contributed by atoms with Gasteiger partial charge in [-0.05, 0) is 37.0 Å². The smallest absolute Gasteiger partial charge is 0.251 e. The SMILES string of the molecule is CC1CCCCC1NC(=O)c1ccc(F)c(F)c1. The highest BCUT2D eigenvalue weighted by molar-refractivity contribution is 5.94. The molecule has 1 saturated carbocycles. The second kappa shape index (κ2) is 5.46. The number of rotatable bonds is 2. The molecule has 1 aromatic rings. The molecule has 1 amide bonds. The van der Waals surface area contributed by atoms with Gasteiger partial charge in [-0.25, -0.2) is 8.78 Å². The molecular weight excluding hydrogens is 236 g/mol. The number of hydrogen-bond acceptors (Lipinski definition) is 1. The molecule has 1 aliphatic carbocycles. The van der Waals surface area contributed by atoms with Crippen LogP contribution in [-0.2, 0) is 0 Å². The van der Waals surface area contributed by atoms with Crippen molar-refractivity contribution < 1.29 is 13.6 Å². The minimum Gasteiger partial charge on any atom is -0.349 e. The highest BCUT2D eigenvalue weighted by Crippen LogP contribution is 2.24. The molecule has 1 fully saturated rings. The van der Waals surface area contributed by atoms with E-state index in [1.54, 1.807) is 0 Å². The summed E-state index contributed by atoms with van der Waals surface area (Å²) >= 11 is 0. The van der Waals surface area contributed by atoms with E-state index < -0.39 is 11.6 Å². The Balaban J connectivity index is 2.04. The maximum Gasteiger partial charge on any atom is 0.251 e. The number of carbonyl (C=O) groups is 1. The normalized spacial score (nSPS) is 23.7. The van der Waals surface area contributed by atoms with Gasteiger partial charge >= 0.3 is 0 Å². The Kier molecular flexibility index (Phi) is 3.94. The van der Waals surface area contributed by atoms with Crippen molar-refractivity contribution in [3.8, 4) is 0 Å². The van der Waals surface area contributed by atoms with Crippen LogP contribution >= 0.6 is 0 Å². The zero-order chi connectivity index (χ0) is 13.1. The van der Waals surface area contributed by atoms with Gasteiger partial charge in [-0.15, -0.1) is 0 Å². The Labute approximate surface area is 105 Å². The lowest BCUT2D eigenvalue weighted by Gasteiger charge is -2.29. The summed E-state index contributed by atoms with van der Waals surface area (Å²) < 4.78 is 25.8. The van der Waals surface area contributed by atoms with Gasteiger partial charge in [0, 0.05) is 11.6 Å². The molecule has 1 aromatic carbocycles. The predicted molar refractivity (Wildman–Crippen MR) is 65.2 cm³/mol. The summed E-state index contributed by atoms with van der Waals surface area (Å²) in [6.07, 6.45) is 4.35. The third-order valence-electron chi connectivity index (χ3n) is 3.61. The molecule has 1 aliphatic rings. The van der Waals surface area contributed by atoms with Crippen molar-refractivity contribution in [1.82, 2.24) is 5.32 Å². The first kappa shape index (κ1) is 13.0. The maximum absolute atomic E-state index is 13.0. The Morgan fingerprint density at radius 1 is 1.22 bits per heavy atom. The predicted octanol–water partition coefficient (Wildman–Crippen LogP) is 3.27. The lowest BCUT2D eigenvalue weighted by atomic mass is 9.86. The van der Waals surface area contributed by atoms with Crippen molar-refractivity contribution in [2.75, 3.05) is 0 Å². The number of nitrogens with one attached hydrogen (secondary N) is 1. The van der Waals surface area contributed by atoms with Crippen LogP contribution in [0.15, 0.2) is 18.2 Å². The summed E-state index contributed by atoms with van der Waals surface area (Å²) in [6, 6.07) is 3.37. The average Bonchev–Trinajstić information content (AvgIpc) is 2.35. The fourth-order valence-corrected chi connectivity index (χ4v) is 2.42. The molecule has 2 unspecified atom stereocenters. The third-order valence-corrected chi connectivity index (χ3v) is 3.61. The van der Waals surface area contributed by atoms with E-state index >= 15 is 0 Å². The summed E-state index contributed by atoms with van der Waals surface area (Å²) in [7, 11) is 0. The van der Waals surface area contributed by atoms with Gasteiger partial charge in [-0.1, -0.05) is 19.8 Å². The van der Waals surface area contributed by atoms with E-state index in [0.717, 1.165) is 31.4 Å². The fourth-order valence-electron chi connectivity index (χ4n) is 2.42. The van der Waals surface area contributed by atoms with Crippen molar-refractivity contribution in [2.24, 2.45) is 5.92 Å². The van der Waals surface area contributed by atoms with E-state index in [9.17, 15) is 13.6 Å². The lowest BCUT2D eigenvalue weighted by Crippen LogP contribution is -2.41. The van der Waals surface area contributed by atoms with Crippen molar-refractivity contribution >= 4 is 5.91 Å². The topological polar surface area (TPSA) is 29.1 Å². The van der Waals surface area contributed by atoms with Gasteiger partial charge in [0.15, 0.2) is 11.6 Å². The first-order valence-electron chi connectivity index (χ1n) is 6.34. The monoisotopic (exact) mass is 253 g/mol. The minimum atomic E-state index is -0.987. The molecule has 2 nitrogen and oxygen atoms in total. The molecule has 2 rings (SSSR count). The van der Waals surface area contributed by atoms with Crippen molar-refractivity contribution in [2.45, 2.75) is 38.6 Å². The van der Waals surface area contributed by atoms with E-state index in [2.05, 4.69) is 12.2 Å². The van der Waals surface area contributed by atoms with E-state index in [4.69, 9.17) is 0 Å². The molecule has 0 aliphatic heterocycles. The largest absolute Gasteiger partial charge is 0.349 e. The van der Waals surface area contributed by atoms with Crippen molar-refractivity contribution in [1.29, 1.82) is 0 Å². The molecule has 0 bridgehead atoms. The van der Waals surface area contributed by atoms with Crippen LogP contribution in [0.4, 0.5) is 8.78 Å². The van der Waals surface area contributed by atoms with Crippen LogP contribution in [-0.4, -0.2) is 11.9 Å². The highest BCUT2D eigenvalue weighted by atomic mass is 19.2. The standard InChI is InChI=1S/C14H17F2NO/c1-9-4-2-3-5-13(9)17-14(18)10-6-7-11(15)12(16)8-10/h6-9,13H,2-5H2,1H3,(H,17,18). The molecule has 4 heteroatoms. The van der Waals surface area contributed by atoms with E-state index in [1.165, 1.54) is 12.5 Å². The number of carbonyl (C=O) groups excluding carboxylic acids is 1. The average molecular weight is 253 g/mol. The Morgan fingerprint density at radius 2 is 1.94 bits per heavy atom. The van der Waals surface area contributed by atoms with Gasteiger partial charge in [0.25, 0.3) is 5.91 Å². The molecule has 1 N–H and O–H groups in total. The van der Waals surface area contributed by atoms with Gasteiger partial charge in [-0.2, -0.15) is 0 Å². The summed E-state index contributed by atoms with van der Waals surface area (Å²) in [5.74, 6) is -1.81. The number of benzene rings is 1. The number of amides is 1. The Bertz CT molecular complexity index is 447. The van der Waals surface area contributed by atoms with E-state index in [-0.39, 0.29) is 17.5 Å². The van der Waals surface area contributed by atoms with Gasteiger partial charge in [0.05, 0.1) is 0 Å². The van der Waals surface area contributed by atoms with Crippen LogP contribution in [0, 0.1) is 17.6 Å². The Hall–Kier alpha value is -1.45. The summed E-state index contributed by atoms with van der Waals surface area (Å²) in [4.78, 5) is 11.9. The van der Waals surface area contributed by atoms with Crippen LogP contribution in [0.5, 0.6) is 0 Å². The minimum absolute atomic E-state index is 0.138. The summed E-state index contributed by atoms with van der Waals surface area (Å²) in [5, 5.41) is 2.90. The van der Waals surface area contributed by atoms with Gasteiger partial charge in [-0.3, -0.25) is 4.79 Å². The van der Waals surface area contributed by atoms with E-state index in [1.807, 2.05) is 0 Å². The molecule has 0 saturated heterocycles. The van der Waals surface area contributed by atoms with Crippen LogP contribution in [0.25, 0.3) is 0 Å². The van der Waals surface area contributed by atoms with Crippen LogP contribution < -0.4 is 5.32 Å². The number of hydrogen-bond donors (Lipinski definition) is 1. The summed E-state index contributed by atoms with van der Waals surface area (Å²) in [6.45, 7) is 2.11. The van der Waals surface area contributed by atoms with Crippen molar-refractivity contribution in [3.63, 3.8) is 0 Å². The van der Waals surface area contributed by atoms with Gasteiger partial charge in [0.2, 0.25) is 0 Å². The molecule has 0 radical (unpaired) electrons. The molecular formula is C14H17F2NO. The molecule has 0 heterocycles. The molecule has 98 valence electrons. The molecule has 0 aromatic heterocycles. The molecule has 18 heavy (non-hydrogen) atoms. The quantitative estimate of drug-likeness (QED) is 0.861. The fraction of sp³-hybridized carbons (Fsp3) is 0.500. The highest BCUT2D eigenvalue weighted by Gasteiger charge is 2.23. The van der Waals surface area contributed by atoms with Crippen LogP contribution in [0.1, 0.15) is 43.0 Å². The zero-order valence-electron chi connectivity index (χ0n) is 10.4. The summed E-state index contributed by atoms with van der Waals surface area (Å²) in [5.41, 5.74) is 0.173. The second-order valence-corrected chi connectivity index (χ2v) is 4.97. The third kappa shape index (κ3) is 2.86. The lowest BCUT2D eigenvalue weighted by molar-refractivity contribution is 0.0909. The second-order valence-electron chi connectivity index (χ2n) is 4.97. The van der Waals surface area contributed by atoms with Crippen LogP contribution in [0.3, 0.4) is 0 Å². The first-order chi connectivity index (χ1) is 8.58. The Morgan fingerprint density at radius 3 is 2.61 bits per heavy atom. The van der Waals surface area contributed by atoms with Gasteiger partial charge < -0.3 is 5.32 Å². The number of halogens is 2. The maximum atomic E-state index is 13.0. The van der Waals surface area contributed by atoms with E-state index in [0.29, 0.717) is 5.92 Å². The molecule has 2 atom stereocenters. The van der Waals surface area contributed by atoms with Gasteiger partial charge in [0.1, 0.15) is 0 Å². The molecule has 0 spiro atoms. The van der Waals surface area contributed by atoms with Crippen LogP contribution in [0.2, 0.25) is 0 Å². The van der Waals surface area contributed by atoms with Crippen molar-refractivity contribution in [3.05, 3.63) is 35.4 Å². The first-order valence-corrected chi connectivity index (χ1v) is 6.34. The zero-order valence-corrected chi connectivity index (χ0v) is 10.4.